The number of nitrogens with zero attached hydrogens (tertiary/aromatic N) is 2. The highest BCUT2D eigenvalue weighted by Crippen LogP contribution is 2.25. The lowest BCUT2D eigenvalue weighted by Gasteiger charge is -2.24. The molecule has 23 heavy (non-hydrogen) atoms. The van der Waals surface area contributed by atoms with Crippen LogP contribution in [0, 0.1) is 0 Å². The fourth-order valence-corrected chi connectivity index (χ4v) is 3.49. The number of carbonyl (C=O) groups is 1. The maximum Gasteiger partial charge on any atom is 0.275 e. The number of rotatable bonds is 5. The van der Waals surface area contributed by atoms with Gasteiger partial charge in [-0.3, -0.25) is 9.89 Å². The molecule has 1 N–H and O–H groups in total. The van der Waals surface area contributed by atoms with Gasteiger partial charge in [0.05, 0.1) is 18.9 Å². The van der Waals surface area contributed by atoms with Gasteiger partial charge in [0.25, 0.3) is 5.91 Å². The molecule has 0 aromatic carbocycles. The number of fused-ring (bicyclic) bond motifs is 1. The first kappa shape index (κ1) is 14.5. The van der Waals surface area contributed by atoms with Gasteiger partial charge in [0.1, 0.15) is 5.76 Å². The van der Waals surface area contributed by atoms with Crippen molar-refractivity contribution in [3.05, 3.63) is 41.1 Å². The van der Waals surface area contributed by atoms with E-state index in [1.54, 1.807) is 6.26 Å². The van der Waals surface area contributed by atoms with Gasteiger partial charge in [-0.05, 0) is 44.2 Å². The van der Waals surface area contributed by atoms with Gasteiger partial charge in [-0.2, -0.15) is 5.10 Å². The van der Waals surface area contributed by atoms with E-state index in [2.05, 4.69) is 10.2 Å². The van der Waals surface area contributed by atoms with Crippen LogP contribution in [0.25, 0.3) is 0 Å². The largest absolute Gasteiger partial charge is 0.467 e. The van der Waals surface area contributed by atoms with Crippen molar-refractivity contribution in [3.63, 3.8) is 0 Å². The van der Waals surface area contributed by atoms with Crippen molar-refractivity contribution in [2.75, 3.05) is 13.2 Å². The number of ether oxygens (including phenoxy) is 1. The first-order chi connectivity index (χ1) is 11.3. The fraction of sp³-hybridized carbons (Fsp3) is 0.529. The molecule has 6 heteroatoms. The van der Waals surface area contributed by atoms with Crippen molar-refractivity contribution in [1.29, 1.82) is 0 Å². The van der Waals surface area contributed by atoms with Crippen LogP contribution < -0.4 is 0 Å². The van der Waals surface area contributed by atoms with Crippen molar-refractivity contribution < 1.29 is 13.9 Å². The zero-order valence-corrected chi connectivity index (χ0v) is 13.1. The summed E-state index contributed by atoms with van der Waals surface area (Å²) >= 11 is 0. The number of aromatic nitrogens is 2. The molecule has 2 aliphatic rings. The second-order valence-electron chi connectivity index (χ2n) is 6.28. The normalized spacial score (nSPS) is 19.9. The van der Waals surface area contributed by atoms with Crippen LogP contribution in [0.5, 0.6) is 0 Å². The third kappa shape index (κ3) is 2.91. The molecule has 0 saturated carbocycles. The summed E-state index contributed by atoms with van der Waals surface area (Å²) in [7, 11) is 0. The van der Waals surface area contributed by atoms with E-state index in [0.29, 0.717) is 18.8 Å². The summed E-state index contributed by atoms with van der Waals surface area (Å²) in [5.74, 6) is 0.750. The highest BCUT2D eigenvalue weighted by atomic mass is 16.5. The summed E-state index contributed by atoms with van der Waals surface area (Å²) in [5, 5.41) is 7.30. The fourth-order valence-electron chi connectivity index (χ4n) is 3.49. The molecule has 4 rings (SSSR count). The first-order valence-electron chi connectivity index (χ1n) is 8.30. The summed E-state index contributed by atoms with van der Waals surface area (Å²) in [5.41, 5.74) is 2.78. The molecular formula is C17H21N3O3. The van der Waals surface area contributed by atoms with Crippen LogP contribution in [0.15, 0.2) is 22.8 Å². The van der Waals surface area contributed by atoms with Gasteiger partial charge in [0, 0.05) is 24.4 Å². The first-order valence-corrected chi connectivity index (χ1v) is 8.30. The molecular weight excluding hydrogens is 294 g/mol. The van der Waals surface area contributed by atoms with Crippen LogP contribution in [0.1, 0.15) is 46.8 Å². The van der Waals surface area contributed by atoms with Gasteiger partial charge in [-0.15, -0.1) is 0 Å². The van der Waals surface area contributed by atoms with Gasteiger partial charge < -0.3 is 14.1 Å². The lowest BCUT2D eigenvalue weighted by atomic mass is 10.1. The predicted octanol–water partition coefficient (Wildman–Crippen LogP) is 2.31. The maximum atomic E-state index is 13.0. The van der Waals surface area contributed by atoms with E-state index >= 15 is 0 Å². The molecule has 6 nitrogen and oxygen atoms in total. The van der Waals surface area contributed by atoms with E-state index in [0.717, 1.165) is 55.7 Å². The van der Waals surface area contributed by atoms with Gasteiger partial charge in [-0.1, -0.05) is 0 Å². The quantitative estimate of drug-likeness (QED) is 0.919. The number of hydrogen-bond acceptors (Lipinski definition) is 4. The van der Waals surface area contributed by atoms with Crippen LogP contribution in [-0.4, -0.2) is 40.3 Å². The summed E-state index contributed by atoms with van der Waals surface area (Å²) in [6.45, 7) is 1.82. The zero-order chi connectivity index (χ0) is 15.6. The summed E-state index contributed by atoms with van der Waals surface area (Å²) < 4.78 is 11.1. The van der Waals surface area contributed by atoms with Gasteiger partial charge in [-0.25, -0.2) is 0 Å². The molecule has 2 aromatic rings. The van der Waals surface area contributed by atoms with Crippen molar-refractivity contribution >= 4 is 5.91 Å². The molecule has 1 unspecified atom stereocenters. The second-order valence-corrected chi connectivity index (χ2v) is 6.28. The number of amides is 1. The topological polar surface area (TPSA) is 71.4 Å². The van der Waals surface area contributed by atoms with Crippen LogP contribution in [0.2, 0.25) is 0 Å². The molecule has 1 atom stereocenters. The maximum absolute atomic E-state index is 13.0. The van der Waals surface area contributed by atoms with Crippen molar-refractivity contribution in [2.24, 2.45) is 0 Å². The molecule has 0 bridgehead atoms. The van der Waals surface area contributed by atoms with Gasteiger partial charge in [0.15, 0.2) is 5.69 Å². The van der Waals surface area contributed by atoms with E-state index in [9.17, 15) is 4.79 Å². The van der Waals surface area contributed by atoms with E-state index in [-0.39, 0.29) is 12.0 Å². The number of hydrogen-bond donors (Lipinski definition) is 1. The van der Waals surface area contributed by atoms with Crippen molar-refractivity contribution in [1.82, 2.24) is 15.1 Å². The summed E-state index contributed by atoms with van der Waals surface area (Å²) in [4.78, 5) is 14.8. The Labute approximate surface area is 134 Å². The van der Waals surface area contributed by atoms with E-state index in [1.807, 2.05) is 17.0 Å². The Hall–Kier alpha value is -2.08. The van der Waals surface area contributed by atoms with Crippen LogP contribution in [-0.2, 0) is 24.1 Å². The molecule has 1 fully saturated rings. The third-order valence-corrected chi connectivity index (χ3v) is 4.67. The Balaban J connectivity index is 1.56. The van der Waals surface area contributed by atoms with E-state index < -0.39 is 0 Å². The number of H-pyrrole nitrogens is 1. The van der Waals surface area contributed by atoms with Gasteiger partial charge >= 0.3 is 0 Å². The SMILES string of the molecule is O=C(c1n[nH]c2c1CCC2)N(Cc1ccco1)CC1CCCO1. The minimum absolute atomic E-state index is 0.0312. The Kier molecular flexibility index (Phi) is 3.91. The van der Waals surface area contributed by atoms with Crippen molar-refractivity contribution in [3.8, 4) is 0 Å². The molecule has 1 saturated heterocycles. The average molecular weight is 315 g/mol. The summed E-state index contributed by atoms with van der Waals surface area (Å²) in [6.07, 6.45) is 6.82. The number of aryl methyl sites for hydroxylation is 1. The Bertz CT molecular complexity index is 671. The third-order valence-electron chi connectivity index (χ3n) is 4.67. The Morgan fingerprint density at radius 1 is 1.39 bits per heavy atom. The lowest BCUT2D eigenvalue weighted by molar-refractivity contribution is 0.0486. The molecule has 1 aliphatic heterocycles. The molecule has 2 aromatic heterocycles. The highest BCUT2D eigenvalue weighted by molar-refractivity contribution is 5.94. The van der Waals surface area contributed by atoms with Crippen LogP contribution in [0.4, 0.5) is 0 Å². The molecule has 0 radical (unpaired) electrons. The Morgan fingerprint density at radius 3 is 3.13 bits per heavy atom. The molecule has 1 aliphatic carbocycles. The average Bonchev–Trinajstić information content (AvgIpc) is 3.31. The van der Waals surface area contributed by atoms with Gasteiger partial charge in [0.2, 0.25) is 0 Å². The lowest BCUT2D eigenvalue weighted by Crippen LogP contribution is -2.37. The minimum atomic E-state index is -0.0312. The van der Waals surface area contributed by atoms with E-state index in [1.165, 1.54) is 0 Å². The predicted molar refractivity (Wildman–Crippen MR) is 83.0 cm³/mol. The molecule has 3 heterocycles. The summed E-state index contributed by atoms with van der Waals surface area (Å²) in [6, 6.07) is 3.74. The molecule has 1 amide bonds. The standard InChI is InChI=1S/C17H21N3O3/c21-17(16-14-6-1-7-15(14)18-19-16)20(10-12-4-2-8-22-12)11-13-5-3-9-23-13/h2,4,8,13H,1,3,5-7,9-11H2,(H,18,19). The van der Waals surface area contributed by atoms with Crippen molar-refractivity contribution in [2.45, 2.75) is 44.8 Å². The molecule has 0 spiro atoms. The monoisotopic (exact) mass is 315 g/mol. The zero-order valence-electron chi connectivity index (χ0n) is 13.1. The highest BCUT2D eigenvalue weighted by Gasteiger charge is 2.29. The van der Waals surface area contributed by atoms with Crippen LogP contribution >= 0.6 is 0 Å². The second kappa shape index (κ2) is 6.20. The Morgan fingerprint density at radius 2 is 2.35 bits per heavy atom. The minimum Gasteiger partial charge on any atom is -0.467 e. The number of furan rings is 1. The van der Waals surface area contributed by atoms with E-state index in [4.69, 9.17) is 9.15 Å². The number of aromatic amines is 1. The number of nitrogens with one attached hydrogen (secondary N) is 1. The number of carbonyl (C=O) groups excluding carboxylic acids is 1. The molecule has 122 valence electrons. The van der Waals surface area contributed by atoms with Crippen LogP contribution in [0.3, 0.4) is 0 Å². The smallest absolute Gasteiger partial charge is 0.275 e.